The molecule has 0 N–H and O–H groups in total. The predicted octanol–water partition coefficient (Wildman–Crippen LogP) is 3.05. The molecule has 0 radical (unpaired) electrons. The van der Waals surface area contributed by atoms with Crippen molar-refractivity contribution in [1.29, 1.82) is 0 Å². The van der Waals surface area contributed by atoms with Crippen LogP contribution in [0.1, 0.15) is 46.5 Å². The molecule has 1 spiro atoms. The number of nitrogens with zero attached hydrogens (tertiary/aromatic N) is 1. The van der Waals surface area contributed by atoms with Gasteiger partial charge in [0.25, 0.3) is 0 Å². The molecule has 2 fully saturated rings. The van der Waals surface area contributed by atoms with Crippen molar-refractivity contribution < 1.29 is 4.48 Å². The van der Waals surface area contributed by atoms with Crippen molar-refractivity contribution in [1.82, 2.24) is 0 Å². The fraction of sp³-hybridized carbons (Fsp3) is 1.00. The highest BCUT2D eigenvalue weighted by Gasteiger charge is 2.43. The number of hydrogen-bond donors (Lipinski definition) is 0. The molecule has 0 aromatic heterocycles. The summed E-state index contributed by atoms with van der Waals surface area (Å²) >= 11 is 0. The second-order valence-electron chi connectivity index (χ2n) is 6.61. The Hall–Kier alpha value is -0.0400. The Morgan fingerprint density at radius 1 is 0.929 bits per heavy atom. The Kier molecular flexibility index (Phi) is 2.63. The number of rotatable bonds is 0. The summed E-state index contributed by atoms with van der Waals surface area (Å²) in [5.74, 6) is 0.973. The molecule has 2 aliphatic rings. The average molecular weight is 196 g/mol. The van der Waals surface area contributed by atoms with E-state index in [9.17, 15) is 0 Å². The van der Waals surface area contributed by atoms with E-state index in [2.05, 4.69) is 20.8 Å². The lowest BCUT2D eigenvalue weighted by Crippen LogP contribution is -2.50. The molecule has 2 rings (SSSR count). The minimum absolute atomic E-state index is 0.541. The Bertz CT molecular complexity index is 196. The summed E-state index contributed by atoms with van der Waals surface area (Å²) in [4.78, 5) is 0. The first-order valence-electron chi connectivity index (χ1n) is 6.37. The van der Waals surface area contributed by atoms with E-state index in [-0.39, 0.29) is 0 Å². The summed E-state index contributed by atoms with van der Waals surface area (Å²) in [6, 6.07) is 0. The van der Waals surface area contributed by atoms with Crippen molar-refractivity contribution >= 4 is 0 Å². The Labute approximate surface area is 89.1 Å². The molecule has 0 bridgehead atoms. The van der Waals surface area contributed by atoms with E-state index < -0.39 is 0 Å². The maximum absolute atomic E-state index is 2.42. The van der Waals surface area contributed by atoms with Crippen molar-refractivity contribution in [2.75, 3.05) is 26.2 Å². The fourth-order valence-corrected chi connectivity index (χ4v) is 3.38. The van der Waals surface area contributed by atoms with Crippen LogP contribution < -0.4 is 0 Å². The first kappa shape index (κ1) is 10.5. The van der Waals surface area contributed by atoms with Crippen molar-refractivity contribution in [2.45, 2.75) is 46.5 Å². The van der Waals surface area contributed by atoms with Gasteiger partial charge in [-0.05, 0) is 24.7 Å². The first-order chi connectivity index (χ1) is 6.52. The fourth-order valence-electron chi connectivity index (χ4n) is 3.38. The molecule has 2 aliphatic heterocycles. The third-order valence-electron chi connectivity index (χ3n) is 4.55. The van der Waals surface area contributed by atoms with Gasteiger partial charge in [-0.1, -0.05) is 20.8 Å². The molecule has 0 aromatic carbocycles. The largest absolute Gasteiger partial charge is 0.323 e. The molecule has 14 heavy (non-hydrogen) atoms. The normalized spacial score (nSPS) is 32.4. The van der Waals surface area contributed by atoms with Gasteiger partial charge in [-0.3, -0.25) is 0 Å². The van der Waals surface area contributed by atoms with Gasteiger partial charge in [0.1, 0.15) is 0 Å². The highest BCUT2D eigenvalue weighted by Crippen LogP contribution is 2.38. The predicted molar refractivity (Wildman–Crippen MR) is 61.1 cm³/mol. The smallest absolute Gasteiger partial charge is 0.0822 e. The second-order valence-corrected chi connectivity index (χ2v) is 6.61. The van der Waals surface area contributed by atoms with Crippen LogP contribution in [0.5, 0.6) is 0 Å². The van der Waals surface area contributed by atoms with Gasteiger partial charge < -0.3 is 4.48 Å². The van der Waals surface area contributed by atoms with Gasteiger partial charge in [0.05, 0.1) is 26.2 Å². The van der Waals surface area contributed by atoms with E-state index in [1.807, 2.05) is 0 Å². The molecule has 0 saturated carbocycles. The van der Waals surface area contributed by atoms with Gasteiger partial charge in [-0.15, -0.1) is 0 Å². The molecule has 1 heteroatoms. The lowest BCUT2D eigenvalue weighted by atomic mass is 9.80. The third-order valence-corrected chi connectivity index (χ3v) is 4.55. The highest BCUT2D eigenvalue weighted by molar-refractivity contribution is 4.79. The minimum atomic E-state index is 0.541. The minimum Gasteiger partial charge on any atom is -0.323 e. The molecule has 2 saturated heterocycles. The van der Waals surface area contributed by atoms with Crippen LogP contribution in [0.3, 0.4) is 0 Å². The standard InChI is InChI=1S/C13H26N/c1-13(2,3)12-7-10-14(11-12)8-5-4-6-9-14/h12H,4-11H2,1-3H3/q+1. The van der Waals surface area contributed by atoms with Crippen LogP contribution in [0, 0.1) is 11.3 Å². The molecular formula is C13H26N+. The molecule has 82 valence electrons. The van der Waals surface area contributed by atoms with Crippen LogP contribution in [-0.4, -0.2) is 30.7 Å². The van der Waals surface area contributed by atoms with Crippen molar-refractivity contribution in [3.63, 3.8) is 0 Å². The monoisotopic (exact) mass is 196 g/mol. The zero-order valence-electron chi connectivity index (χ0n) is 10.2. The van der Waals surface area contributed by atoms with Crippen LogP contribution >= 0.6 is 0 Å². The lowest BCUT2D eigenvalue weighted by Gasteiger charge is -2.39. The summed E-state index contributed by atoms with van der Waals surface area (Å²) in [6.45, 7) is 13.2. The van der Waals surface area contributed by atoms with Crippen molar-refractivity contribution in [3.05, 3.63) is 0 Å². The summed E-state index contributed by atoms with van der Waals surface area (Å²) in [6.07, 6.45) is 5.93. The van der Waals surface area contributed by atoms with Crippen LogP contribution in [0.25, 0.3) is 0 Å². The molecule has 1 nitrogen and oxygen atoms in total. The topological polar surface area (TPSA) is 0 Å². The molecule has 1 unspecified atom stereocenters. The van der Waals surface area contributed by atoms with Gasteiger partial charge in [-0.25, -0.2) is 0 Å². The molecule has 0 amide bonds. The van der Waals surface area contributed by atoms with E-state index >= 15 is 0 Å². The van der Waals surface area contributed by atoms with E-state index in [0.717, 1.165) is 5.92 Å². The van der Waals surface area contributed by atoms with Gasteiger partial charge in [-0.2, -0.15) is 0 Å². The summed E-state index contributed by atoms with van der Waals surface area (Å²) < 4.78 is 1.47. The van der Waals surface area contributed by atoms with Gasteiger partial charge in [0.15, 0.2) is 0 Å². The zero-order chi connectivity index (χ0) is 10.2. The van der Waals surface area contributed by atoms with Gasteiger partial charge in [0.2, 0.25) is 0 Å². The van der Waals surface area contributed by atoms with E-state index in [1.54, 1.807) is 0 Å². The summed E-state index contributed by atoms with van der Waals surface area (Å²) in [5, 5.41) is 0. The van der Waals surface area contributed by atoms with E-state index in [4.69, 9.17) is 0 Å². The zero-order valence-corrected chi connectivity index (χ0v) is 10.2. The molecule has 0 aromatic rings. The maximum Gasteiger partial charge on any atom is 0.0822 e. The van der Waals surface area contributed by atoms with E-state index in [0.29, 0.717) is 5.41 Å². The number of hydrogen-bond acceptors (Lipinski definition) is 0. The maximum atomic E-state index is 2.42. The van der Waals surface area contributed by atoms with Crippen molar-refractivity contribution in [3.8, 4) is 0 Å². The SMILES string of the molecule is CC(C)(C)C1CC[N+]2(CCCCC2)C1. The quantitative estimate of drug-likeness (QED) is 0.522. The second kappa shape index (κ2) is 3.52. The third kappa shape index (κ3) is 1.98. The molecule has 1 atom stereocenters. The average Bonchev–Trinajstić information content (AvgIpc) is 2.50. The number of quaternary nitrogens is 1. The van der Waals surface area contributed by atoms with Crippen LogP contribution in [0.15, 0.2) is 0 Å². The summed E-state index contributed by atoms with van der Waals surface area (Å²) in [5.41, 5.74) is 0.541. The molecule has 2 heterocycles. The first-order valence-corrected chi connectivity index (χ1v) is 6.37. The van der Waals surface area contributed by atoms with Gasteiger partial charge in [0, 0.05) is 12.3 Å². The Balaban J connectivity index is 1.99. The molecular weight excluding hydrogens is 170 g/mol. The van der Waals surface area contributed by atoms with E-state index in [1.165, 1.54) is 56.3 Å². The van der Waals surface area contributed by atoms with Gasteiger partial charge >= 0.3 is 0 Å². The van der Waals surface area contributed by atoms with Crippen LogP contribution in [0.4, 0.5) is 0 Å². The van der Waals surface area contributed by atoms with Crippen LogP contribution in [-0.2, 0) is 0 Å². The Morgan fingerprint density at radius 3 is 2.07 bits per heavy atom. The number of piperidine rings is 1. The van der Waals surface area contributed by atoms with Crippen LogP contribution in [0.2, 0.25) is 0 Å². The summed E-state index contributed by atoms with van der Waals surface area (Å²) in [7, 11) is 0. The molecule has 0 aliphatic carbocycles. The Morgan fingerprint density at radius 2 is 1.57 bits per heavy atom. The van der Waals surface area contributed by atoms with Crippen molar-refractivity contribution in [2.24, 2.45) is 11.3 Å². The lowest BCUT2D eigenvalue weighted by molar-refractivity contribution is -0.922. The highest BCUT2D eigenvalue weighted by atomic mass is 15.4.